The highest BCUT2D eigenvalue weighted by molar-refractivity contribution is 5.86. The molecule has 0 bridgehead atoms. The molecule has 2 fully saturated rings. The molecular formula is C20H28N4O2. The molecule has 0 radical (unpaired) electrons. The number of hydrazone groups is 1. The molecule has 0 saturated carbocycles. The second-order valence-corrected chi connectivity index (χ2v) is 7.06. The van der Waals surface area contributed by atoms with Gasteiger partial charge in [-0.2, -0.15) is 5.10 Å². The Morgan fingerprint density at radius 2 is 1.69 bits per heavy atom. The molecule has 2 saturated heterocycles. The van der Waals surface area contributed by atoms with Crippen molar-refractivity contribution in [2.75, 3.05) is 31.1 Å². The van der Waals surface area contributed by atoms with Crippen LogP contribution in [0.2, 0.25) is 0 Å². The van der Waals surface area contributed by atoms with Crippen molar-refractivity contribution in [3.8, 4) is 0 Å². The minimum absolute atomic E-state index is 0.0648. The molecule has 6 heteroatoms. The van der Waals surface area contributed by atoms with Gasteiger partial charge in [0.1, 0.15) is 6.54 Å². The number of piperidine rings is 1. The molecular weight excluding hydrogens is 328 g/mol. The summed E-state index contributed by atoms with van der Waals surface area (Å²) in [6.45, 7) is 3.00. The van der Waals surface area contributed by atoms with E-state index < -0.39 is 0 Å². The third-order valence-corrected chi connectivity index (χ3v) is 5.02. The van der Waals surface area contributed by atoms with E-state index in [1.165, 1.54) is 24.9 Å². The van der Waals surface area contributed by atoms with Crippen molar-refractivity contribution in [2.24, 2.45) is 5.10 Å². The van der Waals surface area contributed by atoms with Crippen LogP contribution >= 0.6 is 0 Å². The van der Waals surface area contributed by atoms with Gasteiger partial charge in [-0.1, -0.05) is 18.6 Å². The summed E-state index contributed by atoms with van der Waals surface area (Å²) in [5.41, 5.74) is 4.71. The molecule has 1 aromatic carbocycles. The van der Waals surface area contributed by atoms with E-state index in [0.717, 1.165) is 37.9 Å². The molecule has 2 aliphatic rings. The van der Waals surface area contributed by atoms with Gasteiger partial charge in [0.25, 0.3) is 5.91 Å². The number of carbonyl (C=O) groups excluding carboxylic acids is 2. The van der Waals surface area contributed by atoms with E-state index in [1.807, 2.05) is 12.1 Å². The number of likely N-dealkylation sites (tertiary alicyclic amines) is 1. The van der Waals surface area contributed by atoms with Gasteiger partial charge in [-0.05, 0) is 49.8 Å². The maximum atomic E-state index is 12.0. The van der Waals surface area contributed by atoms with E-state index in [9.17, 15) is 9.59 Å². The van der Waals surface area contributed by atoms with Crippen LogP contribution in [0.1, 0.15) is 50.5 Å². The van der Waals surface area contributed by atoms with Crippen LogP contribution in [-0.2, 0) is 9.59 Å². The van der Waals surface area contributed by atoms with Crippen molar-refractivity contribution >= 4 is 23.7 Å². The zero-order valence-corrected chi connectivity index (χ0v) is 15.3. The second kappa shape index (κ2) is 9.36. The van der Waals surface area contributed by atoms with Gasteiger partial charge in [0.2, 0.25) is 5.91 Å². The highest BCUT2D eigenvalue weighted by Crippen LogP contribution is 2.19. The van der Waals surface area contributed by atoms with E-state index in [4.69, 9.17) is 0 Å². The monoisotopic (exact) mass is 356 g/mol. The molecule has 26 heavy (non-hydrogen) atoms. The van der Waals surface area contributed by atoms with Crippen LogP contribution in [0.15, 0.2) is 29.4 Å². The molecule has 6 nitrogen and oxygen atoms in total. The van der Waals surface area contributed by atoms with Crippen molar-refractivity contribution < 1.29 is 9.59 Å². The summed E-state index contributed by atoms with van der Waals surface area (Å²) in [4.78, 5) is 27.9. The predicted molar refractivity (Wildman–Crippen MR) is 103 cm³/mol. The Labute approximate surface area is 155 Å². The Hall–Kier alpha value is -2.37. The lowest BCUT2D eigenvalue weighted by atomic mass is 10.1. The molecule has 3 rings (SSSR count). The fraction of sp³-hybridized carbons (Fsp3) is 0.550. The van der Waals surface area contributed by atoms with Crippen molar-refractivity contribution in [1.29, 1.82) is 0 Å². The number of hydrogen-bond donors (Lipinski definition) is 1. The standard InChI is InChI=1S/C20H28N4O2/c25-19(16-24-14-4-1-3-7-20(24)26)22-21-15-17-8-10-18(11-9-17)23-12-5-2-6-13-23/h8-11,15H,1-7,12-14,16H2,(H,22,25)/b21-15-. The lowest BCUT2D eigenvalue weighted by molar-refractivity contribution is -0.135. The van der Waals surface area contributed by atoms with E-state index in [0.29, 0.717) is 13.0 Å². The van der Waals surface area contributed by atoms with Crippen LogP contribution < -0.4 is 10.3 Å². The normalized spacial score (nSPS) is 18.8. The van der Waals surface area contributed by atoms with Gasteiger partial charge >= 0.3 is 0 Å². The van der Waals surface area contributed by atoms with Gasteiger partial charge in [-0.25, -0.2) is 5.43 Å². The fourth-order valence-corrected chi connectivity index (χ4v) is 3.52. The van der Waals surface area contributed by atoms with Gasteiger partial charge in [0, 0.05) is 31.7 Å². The Morgan fingerprint density at radius 1 is 1.00 bits per heavy atom. The zero-order chi connectivity index (χ0) is 18.2. The fourth-order valence-electron chi connectivity index (χ4n) is 3.52. The van der Waals surface area contributed by atoms with Crippen LogP contribution in [0.4, 0.5) is 5.69 Å². The quantitative estimate of drug-likeness (QED) is 0.651. The first kappa shape index (κ1) is 18.4. The summed E-state index contributed by atoms with van der Waals surface area (Å²) in [5, 5.41) is 4.02. The van der Waals surface area contributed by atoms with Gasteiger partial charge < -0.3 is 9.80 Å². The smallest absolute Gasteiger partial charge is 0.259 e. The average molecular weight is 356 g/mol. The maximum Gasteiger partial charge on any atom is 0.259 e. The van der Waals surface area contributed by atoms with Crippen molar-refractivity contribution in [1.82, 2.24) is 10.3 Å². The number of benzene rings is 1. The highest BCUT2D eigenvalue weighted by atomic mass is 16.2. The number of rotatable bonds is 5. The van der Waals surface area contributed by atoms with Gasteiger partial charge in [0.05, 0.1) is 6.21 Å². The summed E-state index contributed by atoms with van der Waals surface area (Å²) < 4.78 is 0. The Kier molecular flexibility index (Phi) is 6.63. The molecule has 0 aliphatic carbocycles. The lowest BCUT2D eigenvalue weighted by Gasteiger charge is -2.28. The van der Waals surface area contributed by atoms with Gasteiger partial charge in [-0.3, -0.25) is 9.59 Å². The predicted octanol–water partition coefficient (Wildman–Crippen LogP) is 2.53. The molecule has 2 amide bonds. The SMILES string of the molecule is O=C(CN1CCCCCC1=O)N/N=C\c1ccc(N2CCCCC2)cc1. The molecule has 2 heterocycles. The summed E-state index contributed by atoms with van der Waals surface area (Å²) in [5.74, 6) is -0.184. The summed E-state index contributed by atoms with van der Waals surface area (Å²) in [7, 11) is 0. The second-order valence-electron chi connectivity index (χ2n) is 7.06. The zero-order valence-electron chi connectivity index (χ0n) is 15.3. The molecule has 140 valence electrons. The lowest BCUT2D eigenvalue weighted by Crippen LogP contribution is -2.39. The highest BCUT2D eigenvalue weighted by Gasteiger charge is 2.18. The van der Waals surface area contributed by atoms with Crippen LogP contribution in [0.25, 0.3) is 0 Å². The van der Waals surface area contributed by atoms with Crippen molar-refractivity contribution in [2.45, 2.75) is 44.9 Å². The topological polar surface area (TPSA) is 65.0 Å². The molecule has 0 spiro atoms. The first-order chi connectivity index (χ1) is 12.7. The number of anilines is 1. The third kappa shape index (κ3) is 5.31. The van der Waals surface area contributed by atoms with Crippen LogP contribution in [0, 0.1) is 0 Å². The van der Waals surface area contributed by atoms with Crippen LogP contribution in [0.5, 0.6) is 0 Å². The molecule has 0 aromatic heterocycles. The molecule has 0 atom stereocenters. The van der Waals surface area contributed by atoms with Crippen LogP contribution in [0.3, 0.4) is 0 Å². The summed E-state index contributed by atoms with van der Waals surface area (Å²) in [6, 6.07) is 8.23. The third-order valence-electron chi connectivity index (χ3n) is 5.02. The number of nitrogens with zero attached hydrogens (tertiary/aromatic N) is 3. The minimum Gasteiger partial charge on any atom is -0.372 e. The number of hydrogen-bond acceptors (Lipinski definition) is 4. The largest absolute Gasteiger partial charge is 0.372 e. The molecule has 2 aliphatic heterocycles. The summed E-state index contributed by atoms with van der Waals surface area (Å²) >= 11 is 0. The first-order valence-corrected chi connectivity index (χ1v) is 9.67. The molecule has 1 N–H and O–H groups in total. The van der Waals surface area contributed by atoms with Crippen molar-refractivity contribution in [3.05, 3.63) is 29.8 Å². The minimum atomic E-state index is -0.249. The Balaban J connectivity index is 1.46. The van der Waals surface area contributed by atoms with E-state index in [1.54, 1.807) is 11.1 Å². The Morgan fingerprint density at radius 3 is 2.46 bits per heavy atom. The van der Waals surface area contributed by atoms with Gasteiger partial charge in [-0.15, -0.1) is 0 Å². The van der Waals surface area contributed by atoms with Gasteiger partial charge in [0.15, 0.2) is 0 Å². The average Bonchev–Trinajstić information content (AvgIpc) is 2.87. The van der Waals surface area contributed by atoms with E-state index >= 15 is 0 Å². The molecule has 1 aromatic rings. The maximum absolute atomic E-state index is 12.0. The number of amides is 2. The number of nitrogens with one attached hydrogen (secondary N) is 1. The van der Waals surface area contributed by atoms with E-state index in [-0.39, 0.29) is 18.4 Å². The molecule has 0 unspecified atom stereocenters. The number of carbonyl (C=O) groups is 2. The van der Waals surface area contributed by atoms with Crippen LogP contribution in [-0.4, -0.2) is 49.1 Å². The summed E-state index contributed by atoms with van der Waals surface area (Å²) in [6.07, 6.45) is 8.96. The van der Waals surface area contributed by atoms with Crippen molar-refractivity contribution in [3.63, 3.8) is 0 Å². The first-order valence-electron chi connectivity index (χ1n) is 9.67. The van der Waals surface area contributed by atoms with E-state index in [2.05, 4.69) is 27.6 Å². The Bertz CT molecular complexity index is 636.